The largest absolute Gasteiger partial charge is 0.383 e. The molecule has 130 valence electrons. The van der Waals surface area contributed by atoms with Gasteiger partial charge >= 0.3 is 0 Å². The first kappa shape index (κ1) is 17.1. The Morgan fingerprint density at radius 3 is 3.00 bits per heavy atom. The smallest absolute Gasteiger partial charge is 0.244 e. The fourth-order valence-corrected chi connectivity index (χ4v) is 4.57. The minimum atomic E-state index is -3.51. The van der Waals surface area contributed by atoms with Gasteiger partial charge in [0.15, 0.2) is 0 Å². The highest BCUT2D eigenvalue weighted by Gasteiger charge is 2.32. The van der Waals surface area contributed by atoms with Crippen LogP contribution >= 0.6 is 0 Å². The van der Waals surface area contributed by atoms with Gasteiger partial charge in [0.05, 0.1) is 6.61 Å². The van der Waals surface area contributed by atoms with E-state index in [1.54, 1.807) is 35.9 Å². The molecule has 1 aliphatic rings. The van der Waals surface area contributed by atoms with Crippen LogP contribution in [0.1, 0.15) is 24.6 Å². The number of hydrogen-bond donors (Lipinski definition) is 0. The summed E-state index contributed by atoms with van der Waals surface area (Å²) in [4.78, 5) is 8.63. The Morgan fingerprint density at radius 2 is 2.25 bits per heavy atom. The fourth-order valence-electron chi connectivity index (χ4n) is 3.08. The van der Waals surface area contributed by atoms with Crippen LogP contribution in [-0.2, 0) is 21.3 Å². The van der Waals surface area contributed by atoms with Crippen molar-refractivity contribution in [3.05, 3.63) is 42.7 Å². The van der Waals surface area contributed by atoms with E-state index in [0.29, 0.717) is 19.7 Å². The second-order valence-electron chi connectivity index (χ2n) is 5.86. The van der Waals surface area contributed by atoms with Crippen LogP contribution in [0.25, 0.3) is 0 Å². The predicted molar refractivity (Wildman–Crippen MR) is 89.1 cm³/mol. The van der Waals surface area contributed by atoms with Gasteiger partial charge in [-0.05, 0) is 25.0 Å². The summed E-state index contributed by atoms with van der Waals surface area (Å²) in [5, 5.41) is 0. The zero-order valence-corrected chi connectivity index (χ0v) is 14.5. The Labute approximate surface area is 142 Å². The summed E-state index contributed by atoms with van der Waals surface area (Å²) in [5.41, 5.74) is 0. The highest BCUT2D eigenvalue weighted by atomic mass is 32.2. The third-order valence-corrected chi connectivity index (χ3v) is 6.15. The summed E-state index contributed by atoms with van der Waals surface area (Å²) in [6, 6.07) is 3.23. The lowest BCUT2D eigenvalue weighted by atomic mass is 9.99. The Balaban J connectivity index is 1.79. The zero-order chi connectivity index (χ0) is 17.0. The Bertz CT molecular complexity index is 761. The molecule has 0 aliphatic carbocycles. The van der Waals surface area contributed by atoms with Crippen molar-refractivity contribution in [1.82, 2.24) is 18.8 Å². The van der Waals surface area contributed by atoms with Crippen LogP contribution in [0.4, 0.5) is 0 Å². The molecule has 2 aromatic rings. The molecule has 0 saturated carbocycles. The molecule has 0 amide bonds. The van der Waals surface area contributed by atoms with E-state index in [4.69, 9.17) is 4.74 Å². The summed E-state index contributed by atoms with van der Waals surface area (Å²) in [5.74, 6) is 1.02. The van der Waals surface area contributed by atoms with Crippen molar-refractivity contribution in [2.24, 2.45) is 0 Å². The molecular formula is C16H22N4O3S. The maximum atomic E-state index is 12.8. The highest BCUT2D eigenvalue weighted by Crippen LogP contribution is 2.29. The average molecular weight is 350 g/mol. The van der Waals surface area contributed by atoms with Crippen molar-refractivity contribution < 1.29 is 13.2 Å². The summed E-state index contributed by atoms with van der Waals surface area (Å²) in [7, 11) is -1.84. The van der Waals surface area contributed by atoms with Crippen LogP contribution in [0.5, 0.6) is 0 Å². The zero-order valence-electron chi connectivity index (χ0n) is 13.7. The molecule has 0 radical (unpaired) electrons. The van der Waals surface area contributed by atoms with Gasteiger partial charge in [-0.3, -0.25) is 4.98 Å². The van der Waals surface area contributed by atoms with Gasteiger partial charge in [0, 0.05) is 57.4 Å². The SMILES string of the molecule is COCCn1ccnc1[C@@H]1CCCN(S(=O)(=O)c2cccnc2)C1. The quantitative estimate of drug-likeness (QED) is 0.789. The Hall–Kier alpha value is -1.77. The van der Waals surface area contributed by atoms with Crippen LogP contribution in [0.15, 0.2) is 41.8 Å². The lowest BCUT2D eigenvalue weighted by molar-refractivity contribution is 0.184. The third kappa shape index (κ3) is 3.50. The van der Waals surface area contributed by atoms with Crippen LogP contribution in [-0.4, -0.2) is 54.1 Å². The number of pyridine rings is 1. The minimum Gasteiger partial charge on any atom is -0.383 e. The molecule has 0 aromatic carbocycles. The van der Waals surface area contributed by atoms with E-state index >= 15 is 0 Å². The number of nitrogens with zero attached hydrogens (tertiary/aromatic N) is 4. The molecule has 24 heavy (non-hydrogen) atoms. The lowest BCUT2D eigenvalue weighted by Gasteiger charge is -2.31. The molecule has 2 aromatic heterocycles. The minimum absolute atomic E-state index is 0.0945. The molecule has 1 aliphatic heterocycles. The molecule has 3 heterocycles. The summed E-state index contributed by atoms with van der Waals surface area (Å²) < 4.78 is 34.3. The third-order valence-electron chi connectivity index (χ3n) is 4.31. The van der Waals surface area contributed by atoms with Gasteiger partial charge in [-0.1, -0.05) is 0 Å². The van der Waals surface area contributed by atoms with Crippen molar-refractivity contribution in [2.75, 3.05) is 26.8 Å². The van der Waals surface area contributed by atoms with Gasteiger partial charge < -0.3 is 9.30 Å². The van der Waals surface area contributed by atoms with E-state index in [2.05, 4.69) is 9.97 Å². The first-order chi connectivity index (χ1) is 11.6. The molecule has 1 saturated heterocycles. The van der Waals surface area contributed by atoms with E-state index in [9.17, 15) is 8.42 Å². The molecule has 0 N–H and O–H groups in total. The lowest BCUT2D eigenvalue weighted by Crippen LogP contribution is -2.39. The van der Waals surface area contributed by atoms with Crippen LogP contribution < -0.4 is 0 Å². The topological polar surface area (TPSA) is 77.3 Å². The van der Waals surface area contributed by atoms with Crippen LogP contribution in [0.3, 0.4) is 0 Å². The molecule has 1 atom stereocenters. The maximum Gasteiger partial charge on any atom is 0.244 e. The number of rotatable bonds is 6. The van der Waals surface area contributed by atoms with E-state index in [0.717, 1.165) is 25.2 Å². The van der Waals surface area contributed by atoms with Crippen molar-refractivity contribution in [2.45, 2.75) is 30.2 Å². The second kappa shape index (κ2) is 7.42. The standard InChI is InChI=1S/C16H22N4O3S/c1-23-11-10-19-9-7-18-16(19)14-4-3-8-20(13-14)24(21,22)15-5-2-6-17-12-15/h2,5-7,9,12,14H,3-4,8,10-11,13H2,1H3/t14-/m1/s1. The van der Waals surface area contributed by atoms with Crippen LogP contribution in [0.2, 0.25) is 0 Å². The summed E-state index contributed by atoms with van der Waals surface area (Å²) in [6.45, 7) is 2.30. The van der Waals surface area contributed by atoms with Gasteiger partial charge in [-0.15, -0.1) is 0 Å². The van der Waals surface area contributed by atoms with E-state index in [1.807, 2.05) is 10.8 Å². The number of piperidine rings is 1. The average Bonchev–Trinajstić information content (AvgIpc) is 3.09. The molecule has 0 spiro atoms. The normalized spacial score (nSPS) is 19.5. The number of hydrogen-bond acceptors (Lipinski definition) is 5. The fraction of sp³-hybridized carbons (Fsp3) is 0.500. The molecule has 3 rings (SSSR count). The Morgan fingerprint density at radius 1 is 1.38 bits per heavy atom. The van der Waals surface area contributed by atoms with Gasteiger partial charge in [0.2, 0.25) is 10.0 Å². The van der Waals surface area contributed by atoms with Gasteiger partial charge in [0.1, 0.15) is 10.7 Å². The van der Waals surface area contributed by atoms with Crippen molar-refractivity contribution in [3.63, 3.8) is 0 Å². The predicted octanol–water partition coefficient (Wildman–Crippen LogP) is 1.49. The number of imidazole rings is 1. The molecule has 1 fully saturated rings. The van der Waals surface area contributed by atoms with Crippen LogP contribution in [0, 0.1) is 0 Å². The van der Waals surface area contributed by atoms with E-state index in [1.165, 1.54) is 6.20 Å². The number of aromatic nitrogens is 3. The van der Waals surface area contributed by atoms with Gasteiger partial charge in [-0.25, -0.2) is 13.4 Å². The maximum absolute atomic E-state index is 12.8. The van der Waals surface area contributed by atoms with Gasteiger partial charge in [0.25, 0.3) is 0 Å². The molecule has 7 nitrogen and oxygen atoms in total. The first-order valence-electron chi connectivity index (χ1n) is 8.03. The first-order valence-corrected chi connectivity index (χ1v) is 9.47. The highest BCUT2D eigenvalue weighted by molar-refractivity contribution is 7.89. The van der Waals surface area contributed by atoms with Gasteiger partial charge in [-0.2, -0.15) is 4.31 Å². The number of methoxy groups -OCH3 is 1. The van der Waals surface area contributed by atoms with Crippen molar-refractivity contribution in [3.8, 4) is 0 Å². The van der Waals surface area contributed by atoms with Crippen molar-refractivity contribution in [1.29, 1.82) is 0 Å². The number of sulfonamides is 1. The van der Waals surface area contributed by atoms with E-state index in [-0.39, 0.29) is 10.8 Å². The second-order valence-corrected chi connectivity index (χ2v) is 7.80. The monoisotopic (exact) mass is 350 g/mol. The summed E-state index contributed by atoms with van der Waals surface area (Å²) >= 11 is 0. The van der Waals surface area contributed by atoms with E-state index < -0.39 is 10.0 Å². The van der Waals surface area contributed by atoms with Crippen molar-refractivity contribution >= 4 is 10.0 Å². The summed E-state index contributed by atoms with van der Waals surface area (Å²) in [6.07, 6.45) is 8.41. The molecular weight excluding hydrogens is 328 g/mol. The Kier molecular flexibility index (Phi) is 5.27. The molecule has 0 unspecified atom stereocenters. The number of ether oxygens (including phenoxy) is 1. The molecule has 0 bridgehead atoms. The molecule has 8 heteroatoms.